The summed E-state index contributed by atoms with van der Waals surface area (Å²) in [5, 5.41) is 7.79. The molecule has 7 nitrogen and oxygen atoms in total. The normalized spacial score (nSPS) is 24.9. The van der Waals surface area contributed by atoms with Crippen LogP contribution in [-0.2, 0) is 6.54 Å². The number of methoxy groups -OCH3 is 1. The monoisotopic (exact) mass is 348 g/mol. The topological polar surface area (TPSA) is 68.6 Å². The molecule has 1 saturated heterocycles. The van der Waals surface area contributed by atoms with Crippen molar-refractivity contribution in [1.29, 1.82) is 0 Å². The van der Waals surface area contributed by atoms with Crippen LogP contribution in [-0.4, -0.2) is 40.6 Å². The van der Waals surface area contributed by atoms with Crippen LogP contribution in [0.15, 0.2) is 30.6 Å². The Labute approximate surface area is 144 Å². The summed E-state index contributed by atoms with van der Waals surface area (Å²) < 4.78 is 13.5. The van der Waals surface area contributed by atoms with Gasteiger partial charge in [-0.05, 0) is 12.1 Å². The zero-order valence-corrected chi connectivity index (χ0v) is 14.1. The van der Waals surface area contributed by atoms with Crippen LogP contribution >= 0.6 is 11.6 Å². The molecule has 1 aromatic heterocycles. The maximum absolute atomic E-state index is 12.4. The van der Waals surface area contributed by atoms with E-state index in [9.17, 15) is 4.79 Å². The molecule has 2 aliphatic heterocycles. The average molecular weight is 349 g/mol. The number of hydrogen-bond acceptors (Lipinski definition) is 4. The number of aromatic nitrogens is 2. The number of nitrogens with zero attached hydrogens (tertiary/aromatic N) is 3. The van der Waals surface area contributed by atoms with Gasteiger partial charge in [-0.15, -0.1) is 0 Å². The molecule has 2 aliphatic rings. The third kappa shape index (κ3) is 2.19. The number of hydrogen-bond donors (Lipinski definition) is 1. The Morgan fingerprint density at radius 3 is 3.08 bits per heavy atom. The van der Waals surface area contributed by atoms with Gasteiger partial charge in [-0.25, -0.2) is 4.79 Å². The highest BCUT2D eigenvalue weighted by Gasteiger charge is 2.52. The van der Waals surface area contributed by atoms with Gasteiger partial charge in [0.15, 0.2) is 11.5 Å². The third-order valence-corrected chi connectivity index (χ3v) is 4.86. The predicted octanol–water partition coefficient (Wildman–Crippen LogP) is 2.42. The summed E-state index contributed by atoms with van der Waals surface area (Å²) in [6.07, 6.45) is 4.14. The van der Waals surface area contributed by atoms with Crippen LogP contribution in [0.25, 0.3) is 0 Å². The van der Waals surface area contributed by atoms with E-state index in [1.165, 1.54) is 0 Å². The standard InChI is InChI=1S/C16H17ClN4O3/c1-20-15(22)19-12-8-16(20,9-21-5-3-4-18-21)24-14-11(12)6-10(17)7-13(14)23-2/h3-7,12H,8-9H2,1-2H3,(H,19,22). The van der Waals surface area contributed by atoms with E-state index in [1.54, 1.807) is 36.0 Å². The van der Waals surface area contributed by atoms with Gasteiger partial charge in [0, 0.05) is 42.5 Å². The molecule has 1 N–H and O–H groups in total. The molecule has 8 heteroatoms. The number of fused-ring (bicyclic) bond motifs is 4. The van der Waals surface area contributed by atoms with E-state index in [0.717, 1.165) is 5.56 Å². The lowest BCUT2D eigenvalue weighted by molar-refractivity contribution is -0.101. The van der Waals surface area contributed by atoms with Crippen molar-refractivity contribution in [3.8, 4) is 11.5 Å². The van der Waals surface area contributed by atoms with Crippen LogP contribution in [0.5, 0.6) is 11.5 Å². The van der Waals surface area contributed by atoms with Gasteiger partial charge in [-0.2, -0.15) is 5.10 Å². The minimum absolute atomic E-state index is 0.192. The van der Waals surface area contributed by atoms with Crippen LogP contribution < -0.4 is 14.8 Å². The van der Waals surface area contributed by atoms with Crippen molar-refractivity contribution in [2.45, 2.75) is 24.7 Å². The number of nitrogens with one attached hydrogen (secondary N) is 1. The molecule has 0 spiro atoms. The van der Waals surface area contributed by atoms with Gasteiger partial charge in [-0.1, -0.05) is 11.6 Å². The van der Waals surface area contributed by atoms with Crippen molar-refractivity contribution in [2.24, 2.45) is 0 Å². The zero-order valence-electron chi connectivity index (χ0n) is 13.3. The number of amides is 2. The summed E-state index contributed by atoms with van der Waals surface area (Å²) in [7, 11) is 3.30. The highest BCUT2D eigenvalue weighted by Crippen LogP contribution is 2.49. The number of carbonyl (C=O) groups is 1. The van der Waals surface area contributed by atoms with E-state index in [4.69, 9.17) is 21.1 Å². The van der Waals surface area contributed by atoms with Crippen molar-refractivity contribution in [3.63, 3.8) is 0 Å². The maximum Gasteiger partial charge on any atom is 0.320 e. The summed E-state index contributed by atoms with van der Waals surface area (Å²) in [5.41, 5.74) is -0.00970. The number of rotatable bonds is 3. The van der Waals surface area contributed by atoms with Crippen LogP contribution in [0.4, 0.5) is 4.79 Å². The minimum atomic E-state index is -0.840. The van der Waals surface area contributed by atoms with E-state index in [0.29, 0.717) is 29.5 Å². The van der Waals surface area contributed by atoms with Crippen molar-refractivity contribution in [2.75, 3.05) is 14.2 Å². The number of ether oxygens (including phenoxy) is 2. The highest BCUT2D eigenvalue weighted by atomic mass is 35.5. The second-order valence-electron chi connectivity index (χ2n) is 6.04. The molecular weight excluding hydrogens is 332 g/mol. The van der Waals surface area contributed by atoms with Gasteiger partial charge in [-0.3, -0.25) is 9.58 Å². The Morgan fingerprint density at radius 1 is 1.54 bits per heavy atom. The molecule has 0 radical (unpaired) electrons. The lowest BCUT2D eigenvalue weighted by Gasteiger charge is -2.51. The molecule has 2 unspecified atom stereocenters. The van der Waals surface area contributed by atoms with Crippen LogP contribution in [0.2, 0.25) is 5.02 Å². The van der Waals surface area contributed by atoms with Crippen molar-refractivity contribution >= 4 is 17.6 Å². The second-order valence-corrected chi connectivity index (χ2v) is 6.48. The maximum atomic E-state index is 12.4. The number of urea groups is 1. The van der Waals surface area contributed by atoms with Crippen molar-refractivity contribution < 1.29 is 14.3 Å². The smallest absolute Gasteiger partial charge is 0.320 e. The summed E-state index contributed by atoms with van der Waals surface area (Å²) in [6, 6.07) is 4.98. The van der Waals surface area contributed by atoms with Gasteiger partial charge in [0.1, 0.15) is 6.54 Å². The van der Waals surface area contributed by atoms with Gasteiger partial charge in [0.25, 0.3) is 0 Å². The molecular formula is C16H17ClN4O3. The van der Waals surface area contributed by atoms with Gasteiger partial charge < -0.3 is 14.8 Å². The van der Waals surface area contributed by atoms with E-state index in [-0.39, 0.29) is 12.1 Å². The quantitative estimate of drug-likeness (QED) is 0.925. The molecule has 24 heavy (non-hydrogen) atoms. The average Bonchev–Trinajstić information content (AvgIpc) is 3.06. The molecule has 1 fully saturated rings. The molecule has 4 rings (SSSR count). The molecule has 2 atom stereocenters. The van der Waals surface area contributed by atoms with E-state index in [1.807, 2.05) is 18.3 Å². The van der Waals surface area contributed by atoms with E-state index >= 15 is 0 Å². The Bertz CT molecular complexity index is 795. The summed E-state index contributed by atoms with van der Waals surface area (Å²) >= 11 is 6.18. The van der Waals surface area contributed by atoms with Crippen LogP contribution in [0.3, 0.4) is 0 Å². The molecule has 2 aromatic rings. The second kappa shape index (κ2) is 5.31. The minimum Gasteiger partial charge on any atom is -0.493 e. The zero-order chi connectivity index (χ0) is 16.9. The number of halogens is 1. The first-order chi connectivity index (χ1) is 11.5. The molecule has 1 aromatic carbocycles. The highest BCUT2D eigenvalue weighted by molar-refractivity contribution is 6.30. The number of carbonyl (C=O) groups excluding carboxylic acids is 1. The fourth-order valence-electron chi connectivity index (χ4n) is 3.38. The summed E-state index contributed by atoms with van der Waals surface area (Å²) in [5.74, 6) is 1.16. The number of benzene rings is 1. The Hall–Kier alpha value is -2.41. The van der Waals surface area contributed by atoms with Crippen molar-refractivity contribution in [3.05, 3.63) is 41.2 Å². The third-order valence-electron chi connectivity index (χ3n) is 4.64. The molecule has 0 aliphatic carbocycles. The van der Waals surface area contributed by atoms with Crippen LogP contribution in [0, 0.1) is 0 Å². The molecule has 3 heterocycles. The summed E-state index contributed by atoms with van der Waals surface area (Å²) in [6.45, 7) is 0.422. The van der Waals surface area contributed by atoms with Gasteiger partial charge in [0.05, 0.1) is 13.2 Å². The predicted molar refractivity (Wildman–Crippen MR) is 87.2 cm³/mol. The Morgan fingerprint density at radius 2 is 2.38 bits per heavy atom. The molecule has 2 amide bonds. The fraction of sp³-hybridized carbons (Fsp3) is 0.375. The lowest BCUT2D eigenvalue weighted by atomic mass is 9.89. The van der Waals surface area contributed by atoms with Gasteiger partial charge in [0.2, 0.25) is 5.72 Å². The number of likely N-dealkylation sites (N-methyl/N-ethyl adjacent to an activating group) is 1. The van der Waals surface area contributed by atoms with Crippen molar-refractivity contribution in [1.82, 2.24) is 20.0 Å². The van der Waals surface area contributed by atoms with Crippen LogP contribution in [0.1, 0.15) is 18.0 Å². The first-order valence-corrected chi connectivity index (χ1v) is 7.98. The Kier molecular flexibility index (Phi) is 3.35. The first kappa shape index (κ1) is 15.1. The van der Waals surface area contributed by atoms with E-state index < -0.39 is 5.72 Å². The lowest BCUT2D eigenvalue weighted by Crippen LogP contribution is -2.66. The first-order valence-electron chi connectivity index (χ1n) is 7.60. The van der Waals surface area contributed by atoms with Gasteiger partial charge >= 0.3 is 6.03 Å². The largest absolute Gasteiger partial charge is 0.493 e. The molecule has 2 bridgehead atoms. The summed E-state index contributed by atoms with van der Waals surface area (Å²) in [4.78, 5) is 14.0. The van der Waals surface area contributed by atoms with E-state index in [2.05, 4.69) is 10.4 Å². The SMILES string of the molecule is COc1cc(Cl)cc2c1OC1(Cn3cccn3)CC2NC(=O)N1C. The molecule has 126 valence electrons. The molecule has 0 saturated carbocycles. The fourth-order valence-corrected chi connectivity index (χ4v) is 3.60. The Balaban J connectivity index is 1.84.